The summed E-state index contributed by atoms with van der Waals surface area (Å²) in [5, 5.41) is 0.779. The molecule has 0 aromatic heterocycles. The number of benzene rings is 3. The van der Waals surface area contributed by atoms with Crippen molar-refractivity contribution in [2.45, 2.75) is 33.9 Å². The molecule has 0 aliphatic carbocycles. The van der Waals surface area contributed by atoms with Gasteiger partial charge in [0.2, 0.25) is 0 Å². The molecule has 0 bridgehead atoms. The Labute approximate surface area is 201 Å². The molecular formula is C28H31ClN2O2. The lowest BCUT2D eigenvalue weighted by molar-refractivity contribution is 0.0628. The van der Waals surface area contributed by atoms with Crippen LogP contribution in [0.4, 0.5) is 0 Å². The van der Waals surface area contributed by atoms with Crippen LogP contribution in [0.15, 0.2) is 60.7 Å². The highest BCUT2D eigenvalue weighted by Gasteiger charge is 2.22. The van der Waals surface area contributed by atoms with Crippen molar-refractivity contribution >= 4 is 17.5 Å². The van der Waals surface area contributed by atoms with E-state index < -0.39 is 0 Å². The van der Waals surface area contributed by atoms with E-state index in [0.29, 0.717) is 6.61 Å². The molecule has 0 saturated carbocycles. The van der Waals surface area contributed by atoms with Crippen LogP contribution in [0.1, 0.15) is 38.2 Å². The molecule has 3 aromatic carbocycles. The number of ether oxygens (including phenoxy) is 1. The highest BCUT2D eigenvalue weighted by atomic mass is 35.5. The Hall–Kier alpha value is -2.82. The molecule has 33 heavy (non-hydrogen) atoms. The molecule has 1 heterocycles. The number of hydrogen-bond donors (Lipinski definition) is 0. The van der Waals surface area contributed by atoms with Gasteiger partial charge in [0, 0.05) is 43.3 Å². The number of hydrogen-bond acceptors (Lipinski definition) is 3. The SMILES string of the molecule is Cc1cccc(CN2CCN(C(=O)c3ccc(COc4cc(C)c(Cl)c(C)c4)cc3)CC2)c1. The van der Waals surface area contributed by atoms with Gasteiger partial charge in [-0.15, -0.1) is 0 Å². The minimum absolute atomic E-state index is 0.0987. The van der Waals surface area contributed by atoms with Crippen LogP contribution < -0.4 is 4.74 Å². The van der Waals surface area contributed by atoms with Gasteiger partial charge in [-0.05, 0) is 67.3 Å². The molecule has 0 N–H and O–H groups in total. The molecule has 1 fully saturated rings. The van der Waals surface area contributed by atoms with E-state index >= 15 is 0 Å². The first-order chi connectivity index (χ1) is 15.9. The van der Waals surface area contributed by atoms with Gasteiger partial charge in [-0.25, -0.2) is 0 Å². The van der Waals surface area contributed by atoms with Gasteiger partial charge in [0.05, 0.1) is 0 Å². The Balaban J connectivity index is 1.29. The molecule has 1 saturated heterocycles. The van der Waals surface area contributed by atoms with E-state index in [9.17, 15) is 4.79 Å². The van der Waals surface area contributed by atoms with Crippen LogP contribution in [-0.4, -0.2) is 41.9 Å². The average molecular weight is 463 g/mol. The van der Waals surface area contributed by atoms with Gasteiger partial charge in [-0.2, -0.15) is 0 Å². The third-order valence-electron chi connectivity index (χ3n) is 6.16. The molecule has 0 atom stereocenters. The largest absolute Gasteiger partial charge is 0.489 e. The topological polar surface area (TPSA) is 32.8 Å². The fraction of sp³-hybridized carbons (Fsp3) is 0.321. The number of halogens is 1. The Kier molecular flexibility index (Phi) is 7.36. The normalized spacial score (nSPS) is 14.4. The van der Waals surface area contributed by atoms with E-state index in [-0.39, 0.29) is 5.91 Å². The first-order valence-electron chi connectivity index (χ1n) is 11.4. The van der Waals surface area contributed by atoms with Gasteiger partial charge in [-0.1, -0.05) is 53.6 Å². The van der Waals surface area contributed by atoms with Crippen molar-refractivity contribution in [1.29, 1.82) is 0 Å². The summed E-state index contributed by atoms with van der Waals surface area (Å²) in [6.07, 6.45) is 0. The summed E-state index contributed by atoms with van der Waals surface area (Å²) in [6, 6.07) is 20.3. The molecule has 4 nitrogen and oxygen atoms in total. The van der Waals surface area contributed by atoms with Crippen molar-refractivity contribution in [2.75, 3.05) is 26.2 Å². The fourth-order valence-electron chi connectivity index (χ4n) is 4.26. The Morgan fingerprint density at radius 2 is 1.55 bits per heavy atom. The maximum atomic E-state index is 13.0. The highest BCUT2D eigenvalue weighted by molar-refractivity contribution is 6.32. The molecule has 1 aliphatic heterocycles. The maximum Gasteiger partial charge on any atom is 0.253 e. The van der Waals surface area contributed by atoms with E-state index in [2.05, 4.69) is 36.1 Å². The second-order valence-electron chi connectivity index (χ2n) is 8.91. The van der Waals surface area contributed by atoms with Crippen LogP contribution >= 0.6 is 11.6 Å². The molecule has 5 heteroatoms. The van der Waals surface area contributed by atoms with Crippen LogP contribution in [-0.2, 0) is 13.2 Å². The monoisotopic (exact) mass is 462 g/mol. The second kappa shape index (κ2) is 10.4. The lowest BCUT2D eigenvalue weighted by atomic mass is 10.1. The van der Waals surface area contributed by atoms with E-state index in [1.807, 2.05) is 55.1 Å². The smallest absolute Gasteiger partial charge is 0.253 e. The number of nitrogens with zero attached hydrogens (tertiary/aromatic N) is 2. The minimum atomic E-state index is 0.0987. The van der Waals surface area contributed by atoms with E-state index in [1.165, 1.54) is 11.1 Å². The molecule has 3 aromatic rings. The van der Waals surface area contributed by atoms with Crippen molar-refractivity contribution < 1.29 is 9.53 Å². The Morgan fingerprint density at radius 1 is 0.879 bits per heavy atom. The number of carbonyl (C=O) groups is 1. The predicted molar refractivity (Wildman–Crippen MR) is 134 cm³/mol. The molecule has 4 rings (SSSR count). The summed E-state index contributed by atoms with van der Waals surface area (Å²) < 4.78 is 5.93. The van der Waals surface area contributed by atoms with Crippen LogP contribution in [0, 0.1) is 20.8 Å². The van der Waals surface area contributed by atoms with Crippen molar-refractivity contribution in [2.24, 2.45) is 0 Å². The van der Waals surface area contributed by atoms with Gasteiger partial charge in [-0.3, -0.25) is 9.69 Å². The number of rotatable bonds is 6. The molecule has 1 amide bonds. The summed E-state index contributed by atoms with van der Waals surface area (Å²) >= 11 is 6.23. The van der Waals surface area contributed by atoms with Crippen molar-refractivity contribution in [3.8, 4) is 5.75 Å². The zero-order valence-corrected chi connectivity index (χ0v) is 20.4. The van der Waals surface area contributed by atoms with Crippen LogP contribution in [0.25, 0.3) is 0 Å². The zero-order chi connectivity index (χ0) is 23.4. The molecule has 172 valence electrons. The standard InChI is InChI=1S/C28H31ClN2O2/c1-20-5-4-6-24(15-20)18-30-11-13-31(14-12-30)28(32)25-9-7-23(8-10-25)19-33-26-16-21(2)27(29)22(3)17-26/h4-10,15-17H,11-14,18-19H2,1-3H3. The van der Waals surface area contributed by atoms with E-state index in [4.69, 9.17) is 16.3 Å². The lowest BCUT2D eigenvalue weighted by Crippen LogP contribution is -2.48. The highest BCUT2D eigenvalue weighted by Crippen LogP contribution is 2.26. The van der Waals surface area contributed by atoms with E-state index in [1.54, 1.807) is 0 Å². The number of aryl methyl sites for hydroxylation is 3. The van der Waals surface area contributed by atoms with Crippen molar-refractivity contribution in [1.82, 2.24) is 9.80 Å². The van der Waals surface area contributed by atoms with Gasteiger partial charge in [0.15, 0.2) is 0 Å². The molecular weight excluding hydrogens is 432 g/mol. The summed E-state index contributed by atoms with van der Waals surface area (Å²) in [4.78, 5) is 17.3. The van der Waals surface area contributed by atoms with Crippen molar-refractivity contribution in [3.05, 3.63) is 99.1 Å². The predicted octanol–water partition coefficient (Wildman–Crippen LogP) is 5.80. The lowest BCUT2D eigenvalue weighted by Gasteiger charge is -2.34. The zero-order valence-electron chi connectivity index (χ0n) is 19.6. The van der Waals surface area contributed by atoms with E-state index in [0.717, 1.165) is 65.7 Å². The summed E-state index contributed by atoms with van der Waals surface area (Å²) in [6.45, 7) is 10.8. The van der Waals surface area contributed by atoms with Gasteiger partial charge >= 0.3 is 0 Å². The fourth-order valence-corrected chi connectivity index (χ4v) is 4.37. The van der Waals surface area contributed by atoms with Gasteiger partial charge < -0.3 is 9.64 Å². The summed E-state index contributed by atoms with van der Waals surface area (Å²) in [7, 11) is 0. The summed E-state index contributed by atoms with van der Waals surface area (Å²) in [5.74, 6) is 0.903. The molecule has 0 radical (unpaired) electrons. The van der Waals surface area contributed by atoms with Crippen LogP contribution in [0.2, 0.25) is 5.02 Å². The molecule has 0 spiro atoms. The molecule has 1 aliphatic rings. The van der Waals surface area contributed by atoms with Gasteiger partial charge in [0.25, 0.3) is 5.91 Å². The maximum absolute atomic E-state index is 13.0. The van der Waals surface area contributed by atoms with Crippen LogP contribution in [0.5, 0.6) is 5.75 Å². The Morgan fingerprint density at radius 3 is 2.18 bits per heavy atom. The second-order valence-corrected chi connectivity index (χ2v) is 9.29. The number of piperazine rings is 1. The third kappa shape index (κ3) is 5.95. The minimum Gasteiger partial charge on any atom is -0.489 e. The Bertz CT molecular complexity index is 1100. The first-order valence-corrected chi connectivity index (χ1v) is 11.8. The number of amides is 1. The molecule has 0 unspecified atom stereocenters. The van der Waals surface area contributed by atoms with Crippen LogP contribution in [0.3, 0.4) is 0 Å². The third-order valence-corrected chi connectivity index (χ3v) is 6.76. The number of carbonyl (C=O) groups excluding carboxylic acids is 1. The van der Waals surface area contributed by atoms with Crippen molar-refractivity contribution in [3.63, 3.8) is 0 Å². The first kappa shape index (κ1) is 23.3. The van der Waals surface area contributed by atoms with Gasteiger partial charge in [0.1, 0.15) is 12.4 Å². The summed E-state index contributed by atoms with van der Waals surface area (Å²) in [5.41, 5.74) is 6.38. The quantitative estimate of drug-likeness (QED) is 0.464. The average Bonchev–Trinajstić information content (AvgIpc) is 2.81.